The fraction of sp³-hybridized carbons (Fsp3) is 0.500. The Morgan fingerprint density at radius 1 is 1.22 bits per heavy atom. The van der Waals surface area contributed by atoms with Gasteiger partial charge in [-0.05, 0) is 55.4 Å². The number of hydrogen-bond acceptors (Lipinski definition) is 3. The molecule has 1 aliphatic rings. The normalized spacial score (nSPS) is 15.8. The number of rotatable bonds is 5. The summed E-state index contributed by atoms with van der Waals surface area (Å²) >= 11 is 0. The second kappa shape index (κ2) is 7.40. The average molecular weight is 312 g/mol. The van der Waals surface area contributed by atoms with Crippen molar-refractivity contribution in [3.8, 4) is 0 Å². The quantitative estimate of drug-likeness (QED) is 0.853. The van der Waals surface area contributed by atoms with Crippen LogP contribution in [0, 0.1) is 5.92 Å². The van der Waals surface area contributed by atoms with Gasteiger partial charge >= 0.3 is 0 Å². The molecule has 0 bridgehead atoms. The molecule has 0 aliphatic carbocycles. The Kier molecular flexibility index (Phi) is 5.05. The SMILES string of the molecule is CCCn1ccc(C(=O)N2CCC(Cc3ccncc3)CC2)n1. The zero-order chi connectivity index (χ0) is 16.1. The number of amides is 1. The molecule has 0 unspecified atom stereocenters. The van der Waals surface area contributed by atoms with Gasteiger partial charge in [0.25, 0.3) is 5.91 Å². The molecule has 0 radical (unpaired) electrons. The lowest BCUT2D eigenvalue weighted by molar-refractivity contribution is 0.0683. The molecule has 1 aliphatic heterocycles. The molecule has 1 saturated heterocycles. The molecule has 3 heterocycles. The van der Waals surface area contributed by atoms with Crippen molar-refractivity contribution in [2.75, 3.05) is 13.1 Å². The van der Waals surface area contributed by atoms with E-state index in [0.29, 0.717) is 11.6 Å². The number of piperidine rings is 1. The predicted molar refractivity (Wildman–Crippen MR) is 89.1 cm³/mol. The standard InChI is InChI=1S/C18H24N4O/c1-2-10-22-13-7-17(20-22)18(23)21-11-5-16(6-12-21)14-15-3-8-19-9-4-15/h3-4,7-9,13,16H,2,5-6,10-12,14H2,1H3. The summed E-state index contributed by atoms with van der Waals surface area (Å²) in [6, 6.07) is 6.00. The summed E-state index contributed by atoms with van der Waals surface area (Å²) in [4.78, 5) is 18.5. The second-order valence-corrected chi connectivity index (χ2v) is 6.26. The number of aryl methyl sites for hydroxylation is 1. The topological polar surface area (TPSA) is 51.0 Å². The van der Waals surface area contributed by atoms with Crippen LogP contribution in [0.5, 0.6) is 0 Å². The van der Waals surface area contributed by atoms with Gasteiger partial charge in [0.15, 0.2) is 0 Å². The third-order valence-electron chi connectivity index (χ3n) is 4.49. The van der Waals surface area contributed by atoms with E-state index in [1.807, 2.05) is 34.2 Å². The van der Waals surface area contributed by atoms with E-state index in [1.54, 1.807) is 0 Å². The first-order valence-electron chi connectivity index (χ1n) is 8.48. The average Bonchev–Trinajstić information content (AvgIpc) is 3.05. The molecule has 1 fully saturated rings. The van der Waals surface area contributed by atoms with Crippen LogP contribution in [0.2, 0.25) is 0 Å². The van der Waals surface area contributed by atoms with E-state index in [4.69, 9.17) is 0 Å². The van der Waals surface area contributed by atoms with Crippen molar-refractivity contribution in [3.05, 3.63) is 48.0 Å². The summed E-state index contributed by atoms with van der Waals surface area (Å²) in [5, 5.41) is 4.38. The van der Waals surface area contributed by atoms with Crippen LogP contribution >= 0.6 is 0 Å². The Morgan fingerprint density at radius 3 is 2.65 bits per heavy atom. The molecule has 0 spiro atoms. The van der Waals surface area contributed by atoms with Gasteiger partial charge in [-0.3, -0.25) is 14.5 Å². The summed E-state index contributed by atoms with van der Waals surface area (Å²) in [6.07, 6.45) is 9.81. The third-order valence-corrected chi connectivity index (χ3v) is 4.49. The van der Waals surface area contributed by atoms with Gasteiger partial charge in [0.1, 0.15) is 5.69 Å². The zero-order valence-corrected chi connectivity index (χ0v) is 13.7. The van der Waals surface area contributed by atoms with Crippen molar-refractivity contribution < 1.29 is 4.79 Å². The Bertz CT molecular complexity index is 629. The Labute approximate surface area is 137 Å². The summed E-state index contributed by atoms with van der Waals surface area (Å²) in [5.74, 6) is 0.723. The van der Waals surface area contributed by atoms with Gasteiger partial charge in [-0.1, -0.05) is 6.92 Å². The van der Waals surface area contributed by atoms with Gasteiger partial charge in [0.05, 0.1) is 0 Å². The molecule has 122 valence electrons. The highest BCUT2D eigenvalue weighted by molar-refractivity contribution is 5.92. The highest BCUT2D eigenvalue weighted by atomic mass is 16.2. The van der Waals surface area contributed by atoms with E-state index in [2.05, 4.69) is 29.1 Å². The van der Waals surface area contributed by atoms with Gasteiger partial charge in [-0.15, -0.1) is 0 Å². The molecule has 1 amide bonds. The molecule has 3 rings (SSSR count). The lowest BCUT2D eigenvalue weighted by Gasteiger charge is -2.31. The van der Waals surface area contributed by atoms with Crippen molar-refractivity contribution in [1.29, 1.82) is 0 Å². The van der Waals surface area contributed by atoms with E-state index in [9.17, 15) is 4.79 Å². The second-order valence-electron chi connectivity index (χ2n) is 6.26. The minimum absolute atomic E-state index is 0.0715. The molecule has 23 heavy (non-hydrogen) atoms. The fourth-order valence-electron chi connectivity index (χ4n) is 3.18. The Balaban J connectivity index is 1.52. The van der Waals surface area contributed by atoms with Crippen LogP contribution in [0.15, 0.2) is 36.8 Å². The van der Waals surface area contributed by atoms with Crippen LogP contribution < -0.4 is 0 Å². The Hall–Kier alpha value is -2.17. The molecule has 2 aromatic rings. The first kappa shape index (κ1) is 15.7. The van der Waals surface area contributed by atoms with Crippen LogP contribution in [0.3, 0.4) is 0 Å². The Morgan fingerprint density at radius 2 is 1.96 bits per heavy atom. The molecule has 0 saturated carbocycles. The molecule has 5 nitrogen and oxygen atoms in total. The number of carbonyl (C=O) groups excluding carboxylic acids is 1. The lowest BCUT2D eigenvalue weighted by Crippen LogP contribution is -2.39. The van der Waals surface area contributed by atoms with Crippen molar-refractivity contribution in [3.63, 3.8) is 0 Å². The number of aromatic nitrogens is 3. The maximum atomic E-state index is 12.5. The van der Waals surface area contributed by atoms with Crippen LogP contribution in [-0.2, 0) is 13.0 Å². The molecule has 2 aromatic heterocycles. The smallest absolute Gasteiger partial charge is 0.274 e. The van der Waals surface area contributed by atoms with Crippen LogP contribution in [0.1, 0.15) is 42.2 Å². The van der Waals surface area contributed by atoms with Crippen molar-refractivity contribution in [2.45, 2.75) is 39.2 Å². The zero-order valence-electron chi connectivity index (χ0n) is 13.7. The minimum atomic E-state index is 0.0715. The molecule has 5 heteroatoms. The first-order valence-corrected chi connectivity index (χ1v) is 8.48. The third kappa shape index (κ3) is 3.97. The largest absolute Gasteiger partial charge is 0.337 e. The lowest BCUT2D eigenvalue weighted by atomic mass is 9.90. The maximum absolute atomic E-state index is 12.5. The number of carbonyl (C=O) groups is 1. The molecule has 0 atom stereocenters. The van der Waals surface area contributed by atoms with Gasteiger partial charge in [0, 0.05) is 38.2 Å². The fourth-order valence-corrected chi connectivity index (χ4v) is 3.18. The van der Waals surface area contributed by atoms with Crippen LogP contribution in [0.4, 0.5) is 0 Å². The molecule has 0 N–H and O–H groups in total. The van der Waals surface area contributed by atoms with Crippen LogP contribution in [0.25, 0.3) is 0 Å². The molecule has 0 aromatic carbocycles. The number of pyridine rings is 1. The summed E-state index contributed by atoms with van der Waals surface area (Å²) in [5.41, 5.74) is 1.91. The van der Waals surface area contributed by atoms with E-state index in [1.165, 1.54) is 5.56 Å². The molecular weight excluding hydrogens is 288 g/mol. The van der Waals surface area contributed by atoms with E-state index in [-0.39, 0.29) is 5.91 Å². The van der Waals surface area contributed by atoms with Gasteiger partial charge in [-0.25, -0.2) is 0 Å². The van der Waals surface area contributed by atoms with E-state index in [0.717, 1.165) is 45.3 Å². The highest BCUT2D eigenvalue weighted by Crippen LogP contribution is 2.22. The van der Waals surface area contributed by atoms with E-state index < -0.39 is 0 Å². The monoisotopic (exact) mass is 312 g/mol. The number of hydrogen-bond donors (Lipinski definition) is 0. The number of likely N-dealkylation sites (tertiary alicyclic amines) is 1. The summed E-state index contributed by atoms with van der Waals surface area (Å²) in [7, 11) is 0. The first-order chi connectivity index (χ1) is 11.3. The highest BCUT2D eigenvalue weighted by Gasteiger charge is 2.25. The van der Waals surface area contributed by atoms with Crippen LogP contribution in [-0.4, -0.2) is 38.7 Å². The maximum Gasteiger partial charge on any atom is 0.274 e. The predicted octanol–water partition coefficient (Wildman–Crippen LogP) is 2.78. The van der Waals surface area contributed by atoms with Crippen molar-refractivity contribution in [2.24, 2.45) is 5.92 Å². The van der Waals surface area contributed by atoms with E-state index >= 15 is 0 Å². The minimum Gasteiger partial charge on any atom is -0.337 e. The summed E-state index contributed by atoms with van der Waals surface area (Å²) in [6.45, 7) is 4.63. The van der Waals surface area contributed by atoms with Crippen molar-refractivity contribution >= 4 is 5.91 Å². The van der Waals surface area contributed by atoms with Gasteiger partial charge < -0.3 is 4.90 Å². The number of nitrogens with zero attached hydrogens (tertiary/aromatic N) is 4. The summed E-state index contributed by atoms with van der Waals surface area (Å²) < 4.78 is 1.85. The van der Waals surface area contributed by atoms with Gasteiger partial charge in [0.2, 0.25) is 0 Å². The molecular formula is C18H24N4O. The van der Waals surface area contributed by atoms with Crippen molar-refractivity contribution in [1.82, 2.24) is 19.7 Å². The van der Waals surface area contributed by atoms with Gasteiger partial charge in [-0.2, -0.15) is 5.10 Å².